The van der Waals surface area contributed by atoms with Crippen molar-refractivity contribution in [1.29, 1.82) is 0 Å². The van der Waals surface area contributed by atoms with Crippen molar-refractivity contribution in [3.63, 3.8) is 0 Å². The molecular formula is C19H15Cl2FN2O3S. The Balaban J connectivity index is 1.91. The summed E-state index contributed by atoms with van der Waals surface area (Å²) in [4.78, 5) is 15.6. The Morgan fingerprint density at radius 3 is 2.43 bits per heavy atom. The maximum atomic E-state index is 13.6. The average Bonchev–Trinajstić information content (AvgIpc) is 3.18. The number of anilines is 2. The molecule has 0 saturated carbocycles. The van der Waals surface area contributed by atoms with Gasteiger partial charge in [0.25, 0.3) is 5.91 Å². The van der Waals surface area contributed by atoms with Gasteiger partial charge < -0.3 is 9.80 Å². The molecule has 2 aliphatic rings. The standard InChI is InChI=1S/C19H15Cl2FN2O3S/c20-12-3-6-17-16(9-12)24(13-4-5-15(22)14(21)10-13)11-18(28(17,26)27)19(25)23-7-1-2-8-23/h3-6,9-11H,1-2,7-8H2. The van der Waals surface area contributed by atoms with E-state index in [4.69, 9.17) is 23.2 Å². The van der Waals surface area contributed by atoms with Crippen molar-refractivity contribution < 1.29 is 17.6 Å². The molecule has 0 spiro atoms. The molecule has 2 aliphatic heterocycles. The van der Waals surface area contributed by atoms with E-state index in [2.05, 4.69) is 0 Å². The van der Waals surface area contributed by atoms with Crippen LogP contribution in [0.4, 0.5) is 15.8 Å². The van der Waals surface area contributed by atoms with Gasteiger partial charge in [0.2, 0.25) is 9.84 Å². The SMILES string of the molecule is O=C(C1=CN(c2ccc(F)c(Cl)c2)c2cc(Cl)ccc2S1(=O)=O)N1CCCC1. The van der Waals surface area contributed by atoms with Crippen molar-refractivity contribution >= 4 is 50.3 Å². The van der Waals surface area contributed by atoms with E-state index in [9.17, 15) is 17.6 Å². The van der Waals surface area contributed by atoms with Gasteiger partial charge in [-0.25, -0.2) is 12.8 Å². The van der Waals surface area contributed by atoms with E-state index in [1.54, 1.807) is 0 Å². The van der Waals surface area contributed by atoms with Gasteiger partial charge in [-0.15, -0.1) is 0 Å². The fourth-order valence-electron chi connectivity index (χ4n) is 3.38. The Hall–Kier alpha value is -2.09. The summed E-state index contributed by atoms with van der Waals surface area (Å²) in [6.07, 6.45) is 2.93. The maximum Gasteiger partial charge on any atom is 0.267 e. The fraction of sp³-hybridized carbons (Fsp3) is 0.211. The molecule has 1 fully saturated rings. The summed E-state index contributed by atoms with van der Waals surface area (Å²) in [6.45, 7) is 1.03. The molecule has 0 radical (unpaired) electrons. The van der Waals surface area contributed by atoms with Crippen LogP contribution in [0.25, 0.3) is 0 Å². The first-order valence-corrected chi connectivity index (χ1v) is 10.8. The monoisotopic (exact) mass is 440 g/mol. The van der Waals surface area contributed by atoms with Crippen LogP contribution in [-0.4, -0.2) is 32.3 Å². The molecule has 2 aromatic carbocycles. The molecule has 2 heterocycles. The van der Waals surface area contributed by atoms with Crippen LogP contribution in [0.5, 0.6) is 0 Å². The second-order valence-corrected chi connectivity index (χ2v) is 9.31. The van der Waals surface area contributed by atoms with Crippen LogP contribution < -0.4 is 4.90 Å². The van der Waals surface area contributed by atoms with Gasteiger partial charge >= 0.3 is 0 Å². The van der Waals surface area contributed by atoms with Gasteiger partial charge in [0.1, 0.15) is 5.82 Å². The summed E-state index contributed by atoms with van der Waals surface area (Å²) in [5.41, 5.74) is 0.685. The lowest BCUT2D eigenvalue weighted by molar-refractivity contribution is -0.125. The zero-order valence-electron chi connectivity index (χ0n) is 14.5. The van der Waals surface area contributed by atoms with Gasteiger partial charge in [-0.2, -0.15) is 0 Å². The number of halogens is 3. The van der Waals surface area contributed by atoms with Gasteiger partial charge in [-0.1, -0.05) is 23.2 Å². The number of hydrogen-bond donors (Lipinski definition) is 0. The van der Waals surface area contributed by atoms with Gasteiger partial charge in [0.15, 0.2) is 4.91 Å². The zero-order valence-corrected chi connectivity index (χ0v) is 16.9. The number of likely N-dealkylation sites (tertiary alicyclic amines) is 1. The first kappa shape index (κ1) is 19.2. The normalized spacial score (nSPS) is 18.0. The van der Waals surface area contributed by atoms with E-state index >= 15 is 0 Å². The van der Waals surface area contributed by atoms with Crippen molar-refractivity contribution in [3.8, 4) is 0 Å². The molecule has 146 valence electrons. The van der Waals surface area contributed by atoms with E-state index < -0.39 is 21.6 Å². The highest BCUT2D eigenvalue weighted by atomic mass is 35.5. The Kier molecular flexibility index (Phi) is 4.85. The third kappa shape index (κ3) is 3.17. The quantitative estimate of drug-likeness (QED) is 0.688. The van der Waals surface area contributed by atoms with Gasteiger partial charge in [-0.3, -0.25) is 4.79 Å². The number of fused-ring (bicyclic) bond motifs is 1. The van der Waals surface area contributed by atoms with E-state index in [1.807, 2.05) is 0 Å². The predicted octanol–water partition coefficient (Wildman–Crippen LogP) is 4.52. The van der Waals surface area contributed by atoms with Crippen molar-refractivity contribution in [3.05, 3.63) is 63.4 Å². The lowest BCUT2D eigenvalue weighted by Crippen LogP contribution is -2.35. The molecule has 1 saturated heterocycles. The van der Waals surface area contributed by atoms with Crippen molar-refractivity contribution in [2.24, 2.45) is 0 Å². The first-order valence-electron chi connectivity index (χ1n) is 8.59. The van der Waals surface area contributed by atoms with Crippen molar-refractivity contribution in [2.45, 2.75) is 17.7 Å². The highest BCUT2D eigenvalue weighted by Gasteiger charge is 2.38. The summed E-state index contributed by atoms with van der Waals surface area (Å²) in [5.74, 6) is -1.14. The summed E-state index contributed by atoms with van der Waals surface area (Å²) >= 11 is 12.0. The molecule has 2 aromatic rings. The number of rotatable bonds is 2. The third-order valence-electron chi connectivity index (χ3n) is 4.79. The molecule has 5 nitrogen and oxygen atoms in total. The Morgan fingerprint density at radius 2 is 1.75 bits per heavy atom. The molecule has 4 rings (SSSR count). The lowest BCUT2D eigenvalue weighted by Gasteiger charge is -2.30. The van der Waals surface area contributed by atoms with Crippen LogP contribution in [0.15, 0.2) is 52.4 Å². The maximum absolute atomic E-state index is 13.6. The molecule has 0 aromatic heterocycles. The first-order chi connectivity index (χ1) is 13.3. The lowest BCUT2D eigenvalue weighted by atomic mass is 10.2. The van der Waals surface area contributed by atoms with Gasteiger partial charge in [-0.05, 0) is 49.2 Å². The highest BCUT2D eigenvalue weighted by Crippen LogP contribution is 2.42. The van der Waals surface area contributed by atoms with Gasteiger partial charge in [0.05, 0.1) is 15.6 Å². The van der Waals surface area contributed by atoms with E-state index in [0.717, 1.165) is 12.8 Å². The zero-order chi connectivity index (χ0) is 20.1. The molecule has 0 atom stereocenters. The fourth-order valence-corrected chi connectivity index (χ4v) is 5.24. The summed E-state index contributed by atoms with van der Waals surface area (Å²) in [7, 11) is -4.03. The minimum absolute atomic E-state index is 0.0394. The largest absolute Gasteiger partial charge is 0.338 e. The van der Waals surface area contributed by atoms with E-state index in [0.29, 0.717) is 23.8 Å². The van der Waals surface area contributed by atoms with Crippen LogP contribution in [-0.2, 0) is 14.6 Å². The van der Waals surface area contributed by atoms with Crippen LogP contribution in [0.1, 0.15) is 12.8 Å². The topological polar surface area (TPSA) is 57.7 Å². The summed E-state index contributed by atoms with van der Waals surface area (Å²) in [5, 5.41) is 0.213. The molecule has 0 aliphatic carbocycles. The van der Waals surface area contributed by atoms with Gasteiger partial charge in [0, 0.05) is 30.0 Å². The highest BCUT2D eigenvalue weighted by molar-refractivity contribution is 7.96. The Labute approximate surface area is 171 Å². The van der Waals surface area contributed by atoms with E-state index in [1.165, 1.54) is 52.4 Å². The number of amides is 1. The molecular weight excluding hydrogens is 426 g/mol. The number of benzene rings is 2. The van der Waals surface area contributed by atoms with Crippen LogP contribution in [0.2, 0.25) is 10.0 Å². The van der Waals surface area contributed by atoms with Crippen LogP contribution in [0, 0.1) is 5.82 Å². The second kappa shape index (κ2) is 7.06. The van der Waals surface area contributed by atoms with E-state index in [-0.39, 0.29) is 20.5 Å². The number of nitrogens with zero attached hydrogens (tertiary/aromatic N) is 2. The summed E-state index contributed by atoms with van der Waals surface area (Å²) < 4.78 is 39.9. The minimum atomic E-state index is -4.03. The smallest absolute Gasteiger partial charge is 0.267 e. The molecule has 0 bridgehead atoms. The molecule has 28 heavy (non-hydrogen) atoms. The number of carbonyl (C=O) groups excluding carboxylic acids is 1. The van der Waals surface area contributed by atoms with Crippen LogP contribution >= 0.6 is 23.2 Å². The molecule has 0 N–H and O–H groups in total. The molecule has 0 unspecified atom stereocenters. The van der Waals surface area contributed by atoms with Crippen LogP contribution in [0.3, 0.4) is 0 Å². The Morgan fingerprint density at radius 1 is 1.04 bits per heavy atom. The second-order valence-electron chi connectivity index (χ2n) is 6.58. The number of carbonyl (C=O) groups is 1. The van der Waals surface area contributed by atoms with Crippen molar-refractivity contribution in [2.75, 3.05) is 18.0 Å². The minimum Gasteiger partial charge on any atom is -0.338 e. The third-order valence-corrected chi connectivity index (χ3v) is 7.10. The summed E-state index contributed by atoms with van der Waals surface area (Å²) in [6, 6.07) is 8.32. The predicted molar refractivity (Wildman–Crippen MR) is 106 cm³/mol. The van der Waals surface area contributed by atoms with Crippen molar-refractivity contribution in [1.82, 2.24) is 4.90 Å². The Bertz CT molecular complexity index is 1110. The molecule has 1 amide bonds. The average molecular weight is 441 g/mol. The number of sulfone groups is 1. The molecule has 9 heteroatoms. The number of hydrogen-bond acceptors (Lipinski definition) is 4.